The highest BCUT2D eigenvalue weighted by molar-refractivity contribution is 6.30. The van der Waals surface area contributed by atoms with Crippen LogP contribution in [0, 0.1) is 0 Å². The highest BCUT2D eigenvalue weighted by Crippen LogP contribution is 2.35. The van der Waals surface area contributed by atoms with Gasteiger partial charge in [-0.3, -0.25) is 4.79 Å². The topological polar surface area (TPSA) is 55.8 Å². The Labute approximate surface area is 141 Å². The van der Waals surface area contributed by atoms with Gasteiger partial charge in [-0.25, -0.2) is 4.79 Å². The molecule has 0 saturated carbocycles. The minimum absolute atomic E-state index is 0.0877. The lowest BCUT2D eigenvalue weighted by Gasteiger charge is -2.37. The first-order valence-electron chi connectivity index (χ1n) is 7.56. The van der Waals surface area contributed by atoms with Crippen LogP contribution in [0.2, 0.25) is 5.02 Å². The Morgan fingerprint density at radius 2 is 2.04 bits per heavy atom. The molecule has 0 fully saturated rings. The van der Waals surface area contributed by atoms with Gasteiger partial charge < -0.3 is 14.4 Å². The molecule has 6 heteroatoms. The van der Waals surface area contributed by atoms with E-state index in [1.54, 1.807) is 11.0 Å². The number of rotatable bonds is 2. The van der Waals surface area contributed by atoms with Gasteiger partial charge in [0.2, 0.25) is 0 Å². The van der Waals surface area contributed by atoms with Crippen LogP contribution in [0.15, 0.2) is 18.2 Å². The van der Waals surface area contributed by atoms with Gasteiger partial charge >= 0.3 is 12.1 Å². The number of ether oxygens (including phenoxy) is 2. The third kappa shape index (κ3) is 4.38. The summed E-state index contributed by atoms with van der Waals surface area (Å²) in [6.07, 6.45) is 0.337. The second kappa shape index (κ2) is 6.79. The lowest BCUT2D eigenvalue weighted by molar-refractivity contribution is -0.142. The molecule has 1 aromatic rings. The predicted octanol–water partition coefficient (Wildman–Crippen LogP) is 3.74. The third-order valence-electron chi connectivity index (χ3n) is 3.68. The van der Waals surface area contributed by atoms with Crippen molar-refractivity contribution in [3.05, 3.63) is 34.3 Å². The quantitative estimate of drug-likeness (QED) is 0.770. The smallest absolute Gasteiger partial charge is 0.410 e. The molecule has 1 heterocycles. The predicted molar refractivity (Wildman–Crippen MR) is 87.5 cm³/mol. The van der Waals surface area contributed by atoms with Crippen molar-refractivity contribution in [2.45, 2.75) is 45.3 Å². The standard InChI is InChI=1S/C17H22ClNO4/c1-17(2,3)23-16(21)19-8-7-11-9-12(18)5-6-13(11)14(19)10-15(20)22-4/h5-6,9,14H,7-8,10H2,1-4H3. The second-order valence-electron chi connectivity index (χ2n) is 6.56. The van der Waals surface area contributed by atoms with E-state index >= 15 is 0 Å². The van der Waals surface area contributed by atoms with Gasteiger partial charge in [-0.05, 0) is 50.5 Å². The maximum absolute atomic E-state index is 12.5. The van der Waals surface area contributed by atoms with E-state index < -0.39 is 17.7 Å². The summed E-state index contributed by atoms with van der Waals surface area (Å²) < 4.78 is 10.2. The number of benzene rings is 1. The highest BCUT2D eigenvalue weighted by Gasteiger charge is 2.35. The number of esters is 1. The average molecular weight is 340 g/mol. The maximum Gasteiger partial charge on any atom is 0.410 e. The molecule has 1 aromatic carbocycles. The molecule has 23 heavy (non-hydrogen) atoms. The van der Waals surface area contributed by atoms with Crippen LogP contribution in [-0.2, 0) is 20.7 Å². The third-order valence-corrected chi connectivity index (χ3v) is 3.91. The summed E-state index contributed by atoms with van der Waals surface area (Å²) in [5, 5.41) is 0.645. The summed E-state index contributed by atoms with van der Waals surface area (Å²) in [5.41, 5.74) is 1.37. The molecule has 1 atom stereocenters. The number of methoxy groups -OCH3 is 1. The van der Waals surface area contributed by atoms with E-state index in [2.05, 4.69) is 0 Å². The van der Waals surface area contributed by atoms with Crippen LogP contribution in [0.25, 0.3) is 0 Å². The minimum atomic E-state index is -0.590. The number of fused-ring (bicyclic) bond motifs is 1. The molecular weight excluding hydrogens is 318 g/mol. The van der Waals surface area contributed by atoms with Gasteiger partial charge in [0, 0.05) is 11.6 Å². The van der Waals surface area contributed by atoms with E-state index in [4.69, 9.17) is 21.1 Å². The molecule has 126 valence electrons. The number of carbonyl (C=O) groups excluding carboxylic acids is 2. The summed E-state index contributed by atoms with van der Waals surface area (Å²) in [4.78, 5) is 25.9. The number of carbonyl (C=O) groups is 2. The first kappa shape index (κ1) is 17.6. The lowest BCUT2D eigenvalue weighted by Crippen LogP contribution is -2.43. The first-order chi connectivity index (χ1) is 10.7. The molecule has 1 unspecified atom stereocenters. The monoisotopic (exact) mass is 339 g/mol. The fourth-order valence-electron chi connectivity index (χ4n) is 2.68. The molecule has 0 aliphatic carbocycles. The van der Waals surface area contributed by atoms with E-state index in [1.165, 1.54) is 7.11 Å². The Balaban J connectivity index is 2.33. The van der Waals surface area contributed by atoms with Gasteiger partial charge in [0.05, 0.1) is 19.6 Å². The van der Waals surface area contributed by atoms with Gasteiger partial charge in [0.15, 0.2) is 0 Å². The number of nitrogens with zero attached hydrogens (tertiary/aromatic N) is 1. The normalized spacial score (nSPS) is 17.4. The van der Waals surface area contributed by atoms with Crippen molar-refractivity contribution in [3.63, 3.8) is 0 Å². The van der Waals surface area contributed by atoms with E-state index in [0.29, 0.717) is 18.0 Å². The number of amides is 1. The van der Waals surface area contributed by atoms with Crippen molar-refractivity contribution in [2.75, 3.05) is 13.7 Å². The van der Waals surface area contributed by atoms with Crippen LogP contribution in [-0.4, -0.2) is 36.2 Å². The largest absolute Gasteiger partial charge is 0.469 e. The summed E-state index contributed by atoms with van der Waals surface area (Å²) in [7, 11) is 1.34. The lowest BCUT2D eigenvalue weighted by atomic mass is 9.91. The maximum atomic E-state index is 12.5. The molecule has 0 radical (unpaired) electrons. The Morgan fingerprint density at radius 1 is 1.35 bits per heavy atom. The van der Waals surface area contributed by atoms with Gasteiger partial charge in [-0.15, -0.1) is 0 Å². The molecule has 0 saturated heterocycles. The number of hydrogen-bond acceptors (Lipinski definition) is 4. The molecule has 0 bridgehead atoms. The van der Waals surface area contributed by atoms with Gasteiger partial charge in [0.1, 0.15) is 5.60 Å². The van der Waals surface area contributed by atoms with Crippen LogP contribution in [0.5, 0.6) is 0 Å². The summed E-state index contributed by atoms with van der Waals surface area (Å²) in [6, 6.07) is 5.11. The van der Waals surface area contributed by atoms with E-state index in [0.717, 1.165) is 11.1 Å². The summed E-state index contributed by atoms with van der Waals surface area (Å²) >= 11 is 6.05. The number of halogens is 1. The zero-order valence-electron chi connectivity index (χ0n) is 13.9. The van der Waals surface area contributed by atoms with Crippen molar-refractivity contribution in [1.82, 2.24) is 4.90 Å². The van der Waals surface area contributed by atoms with Crippen LogP contribution < -0.4 is 0 Å². The SMILES string of the molecule is COC(=O)CC1c2ccc(Cl)cc2CCN1C(=O)OC(C)(C)C. The zero-order valence-corrected chi connectivity index (χ0v) is 14.6. The van der Waals surface area contributed by atoms with Crippen LogP contribution in [0.4, 0.5) is 4.79 Å². The molecule has 1 amide bonds. The van der Waals surface area contributed by atoms with Crippen molar-refractivity contribution in [1.29, 1.82) is 0 Å². The zero-order chi connectivity index (χ0) is 17.2. The van der Waals surface area contributed by atoms with Crippen molar-refractivity contribution in [2.24, 2.45) is 0 Å². The van der Waals surface area contributed by atoms with Gasteiger partial charge in [-0.1, -0.05) is 17.7 Å². The molecular formula is C17H22ClNO4. The van der Waals surface area contributed by atoms with Crippen molar-refractivity contribution >= 4 is 23.7 Å². The molecule has 0 N–H and O–H groups in total. The molecule has 0 aromatic heterocycles. The first-order valence-corrected chi connectivity index (χ1v) is 7.94. The highest BCUT2D eigenvalue weighted by atomic mass is 35.5. The summed E-state index contributed by atoms with van der Waals surface area (Å²) in [6.45, 7) is 5.93. The molecule has 0 spiro atoms. The Kier molecular flexibility index (Phi) is 5.19. The van der Waals surface area contributed by atoms with Gasteiger partial charge in [0.25, 0.3) is 0 Å². The molecule has 1 aliphatic heterocycles. The van der Waals surface area contributed by atoms with Crippen LogP contribution in [0.3, 0.4) is 0 Å². The second-order valence-corrected chi connectivity index (χ2v) is 7.00. The fraction of sp³-hybridized carbons (Fsp3) is 0.529. The van der Waals surface area contributed by atoms with Crippen molar-refractivity contribution in [3.8, 4) is 0 Å². The van der Waals surface area contributed by atoms with E-state index in [-0.39, 0.29) is 12.4 Å². The van der Waals surface area contributed by atoms with E-state index in [9.17, 15) is 9.59 Å². The summed E-state index contributed by atoms with van der Waals surface area (Å²) in [5.74, 6) is -0.369. The molecule has 2 rings (SSSR count). The van der Waals surface area contributed by atoms with E-state index in [1.807, 2.05) is 32.9 Å². The Bertz CT molecular complexity index is 609. The molecule has 1 aliphatic rings. The Hall–Kier alpha value is -1.75. The Morgan fingerprint density at radius 3 is 2.65 bits per heavy atom. The fourth-order valence-corrected chi connectivity index (χ4v) is 2.88. The van der Waals surface area contributed by atoms with Crippen molar-refractivity contribution < 1.29 is 19.1 Å². The number of hydrogen-bond donors (Lipinski definition) is 0. The van der Waals surface area contributed by atoms with Crippen LogP contribution >= 0.6 is 11.6 Å². The molecule has 5 nitrogen and oxygen atoms in total. The van der Waals surface area contributed by atoms with Gasteiger partial charge in [-0.2, -0.15) is 0 Å². The average Bonchev–Trinajstić information content (AvgIpc) is 2.45. The minimum Gasteiger partial charge on any atom is -0.469 e. The van der Waals surface area contributed by atoms with Crippen LogP contribution in [0.1, 0.15) is 44.4 Å².